The van der Waals surface area contributed by atoms with Crippen molar-refractivity contribution in [2.45, 2.75) is 6.92 Å². The van der Waals surface area contributed by atoms with Gasteiger partial charge in [0, 0.05) is 12.1 Å². The number of para-hydroxylation sites is 2. The largest absolute Gasteiger partial charge is 0.432 e. The molecule has 2 aromatic rings. The molecule has 0 aliphatic heterocycles. The number of nitrogens with zero attached hydrogens (tertiary/aromatic N) is 3. The molecule has 0 atom stereocenters. The first-order valence-corrected chi connectivity index (χ1v) is 5.36. The molecule has 0 bridgehead atoms. The Morgan fingerprint density at radius 1 is 1.33 bits per heavy atom. The van der Waals surface area contributed by atoms with E-state index >= 15 is 0 Å². The van der Waals surface area contributed by atoms with Gasteiger partial charge in [-0.1, -0.05) is 23.7 Å². The van der Waals surface area contributed by atoms with Crippen molar-refractivity contribution >= 4 is 17.3 Å². The Bertz CT molecular complexity index is 584. The monoisotopic (exact) mass is 265 g/mol. The fourth-order valence-corrected chi connectivity index (χ4v) is 1.58. The van der Waals surface area contributed by atoms with E-state index < -0.39 is 4.92 Å². The minimum absolute atomic E-state index is 0.108. The number of nitro groups is 1. The molecular formula is C11H8ClN3O3. The molecule has 0 aliphatic carbocycles. The first kappa shape index (κ1) is 12.3. The van der Waals surface area contributed by atoms with Crippen molar-refractivity contribution in [2.24, 2.45) is 0 Å². The third kappa shape index (κ3) is 2.72. The lowest BCUT2D eigenvalue weighted by molar-refractivity contribution is -0.385. The van der Waals surface area contributed by atoms with Gasteiger partial charge in [0.25, 0.3) is 0 Å². The number of aryl methyl sites for hydroxylation is 1. The van der Waals surface area contributed by atoms with Gasteiger partial charge in [0.1, 0.15) is 11.0 Å². The summed E-state index contributed by atoms with van der Waals surface area (Å²) in [6.07, 6.45) is 0. The average Bonchev–Trinajstić information content (AvgIpc) is 2.27. The first-order chi connectivity index (χ1) is 8.56. The molecule has 1 aromatic heterocycles. The Morgan fingerprint density at radius 3 is 2.72 bits per heavy atom. The summed E-state index contributed by atoms with van der Waals surface area (Å²) in [6.45, 7) is 1.65. The van der Waals surface area contributed by atoms with Gasteiger partial charge < -0.3 is 4.74 Å². The molecule has 1 aromatic carbocycles. The SMILES string of the molecule is Cc1nc(Cl)cc(Oc2ccccc2[N+](=O)[O-])n1. The molecule has 0 N–H and O–H groups in total. The molecule has 92 valence electrons. The van der Waals surface area contributed by atoms with E-state index in [1.54, 1.807) is 19.1 Å². The minimum atomic E-state index is -0.523. The summed E-state index contributed by atoms with van der Waals surface area (Å²) in [5.41, 5.74) is -0.134. The number of aromatic nitrogens is 2. The molecule has 0 saturated carbocycles. The van der Waals surface area contributed by atoms with Crippen LogP contribution < -0.4 is 4.74 Å². The molecule has 6 nitrogen and oxygen atoms in total. The van der Waals surface area contributed by atoms with E-state index in [1.807, 2.05) is 0 Å². The second-order valence-corrected chi connectivity index (χ2v) is 3.79. The Labute approximate surface area is 107 Å². The number of benzene rings is 1. The van der Waals surface area contributed by atoms with Gasteiger partial charge in [0.05, 0.1) is 4.92 Å². The van der Waals surface area contributed by atoms with E-state index in [9.17, 15) is 10.1 Å². The van der Waals surface area contributed by atoms with Crippen LogP contribution >= 0.6 is 11.6 Å². The van der Waals surface area contributed by atoms with E-state index in [-0.39, 0.29) is 22.5 Å². The number of halogens is 1. The molecule has 0 fully saturated rings. The van der Waals surface area contributed by atoms with Crippen LogP contribution in [0.25, 0.3) is 0 Å². The highest BCUT2D eigenvalue weighted by Gasteiger charge is 2.15. The number of rotatable bonds is 3. The summed E-state index contributed by atoms with van der Waals surface area (Å²) in [7, 11) is 0. The van der Waals surface area contributed by atoms with Crippen LogP contribution in [0.3, 0.4) is 0 Å². The topological polar surface area (TPSA) is 78.2 Å². The van der Waals surface area contributed by atoms with Crippen molar-refractivity contribution in [1.29, 1.82) is 0 Å². The predicted molar refractivity (Wildman–Crippen MR) is 64.9 cm³/mol. The van der Waals surface area contributed by atoms with Gasteiger partial charge in [0.15, 0.2) is 0 Å². The third-order valence-electron chi connectivity index (χ3n) is 2.06. The number of nitro benzene ring substituents is 1. The second kappa shape index (κ2) is 4.97. The maximum Gasteiger partial charge on any atom is 0.311 e. The second-order valence-electron chi connectivity index (χ2n) is 3.40. The van der Waals surface area contributed by atoms with Crippen LogP contribution in [0.1, 0.15) is 5.82 Å². The fraction of sp³-hybridized carbons (Fsp3) is 0.0909. The highest BCUT2D eigenvalue weighted by molar-refractivity contribution is 6.29. The Balaban J connectivity index is 2.37. The van der Waals surface area contributed by atoms with Gasteiger partial charge in [0.2, 0.25) is 11.6 Å². The van der Waals surface area contributed by atoms with E-state index in [2.05, 4.69) is 9.97 Å². The molecule has 0 unspecified atom stereocenters. The lowest BCUT2D eigenvalue weighted by Crippen LogP contribution is -1.96. The van der Waals surface area contributed by atoms with Crippen LogP contribution in [0.4, 0.5) is 5.69 Å². The van der Waals surface area contributed by atoms with Crippen LogP contribution in [0.15, 0.2) is 30.3 Å². The zero-order valence-corrected chi connectivity index (χ0v) is 10.1. The van der Waals surface area contributed by atoms with E-state index in [4.69, 9.17) is 16.3 Å². The normalized spacial score (nSPS) is 10.1. The molecule has 18 heavy (non-hydrogen) atoms. The van der Waals surface area contributed by atoms with Crippen molar-refractivity contribution in [3.63, 3.8) is 0 Å². The molecule has 0 aliphatic rings. The number of hydrogen-bond acceptors (Lipinski definition) is 5. The van der Waals surface area contributed by atoms with E-state index in [0.717, 1.165) is 0 Å². The van der Waals surface area contributed by atoms with E-state index in [0.29, 0.717) is 5.82 Å². The Kier molecular flexibility index (Phi) is 3.38. The Hall–Kier alpha value is -2.21. The van der Waals surface area contributed by atoms with Crippen molar-refractivity contribution in [3.8, 4) is 11.6 Å². The summed E-state index contributed by atoms with van der Waals surface area (Å²) in [5.74, 6) is 0.703. The lowest BCUT2D eigenvalue weighted by atomic mass is 10.3. The molecule has 0 radical (unpaired) electrons. The van der Waals surface area contributed by atoms with Gasteiger partial charge >= 0.3 is 5.69 Å². The minimum Gasteiger partial charge on any atom is -0.432 e. The van der Waals surface area contributed by atoms with E-state index in [1.165, 1.54) is 18.2 Å². The first-order valence-electron chi connectivity index (χ1n) is 4.99. The van der Waals surface area contributed by atoms with Crippen LogP contribution in [0.2, 0.25) is 5.15 Å². The number of ether oxygens (including phenoxy) is 1. The standard InChI is InChI=1S/C11H8ClN3O3/c1-7-13-10(12)6-11(14-7)18-9-5-3-2-4-8(9)15(16)17/h2-6H,1H3. The fourth-order valence-electron chi connectivity index (χ4n) is 1.36. The molecule has 0 amide bonds. The van der Waals surface area contributed by atoms with Crippen LogP contribution in [-0.4, -0.2) is 14.9 Å². The summed E-state index contributed by atoms with van der Waals surface area (Å²) >= 11 is 5.75. The summed E-state index contributed by atoms with van der Waals surface area (Å²) in [5, 5.41) is 11.0. The number of hydrogen-bond donors (Lipinski definition) is 0. The zero-order valence-electron chi connectivity index (χ0n) is 9.33. The molecular weight excluding hydrogens is 258 g/mol. The summed E-state index contributed by atoms with van der Waals surface area (Å²) in [6, 6.07) is 7.43. The molecule has 0 saturated heterocycles. The van der Waals surface area contributed by atoms with Crippen LogP contribution in [-0.2, 0) is 0 Å². The molecule has 2 rings (SSSR count). The summed E-state index contributed by atoms with van der Waals surface area (Å²) < 4.78 is 5.36. The smallest absolute Gasteiger partial charge is 0.311 e. The molecule has 7 heteroatoms. The van der Waals surface area contributed by atoms with Crippen molar-refractivity contribution in [2.75, 3.05) is 0 Å². The van der Waals surface area contributed by atoms with Gasteiger partial charge in [-0.05, 0) is 13.0 Å². The van der Waals surface area contributed by atoms with Gasteiger partial charge in [-0.3, -0.25) is 10.1 Å². The molecule has 0 spiro atoms. The maximum absolute atomic E-state index is 10.8. The zero-order chi connectivity index (χ0) is 13.1. The highest BCUT2D eigenvalue weighted by Crippen LogP contribution is 2.30. The van der Waals surface area contributed by atoms with Crippen molar-refractivity contribution in [3.05, 3.63) is 51.4 Å². The van der Waals surface area contributed by atoms with Crippen LogP contribution in [0.5, 0.6) is 11.6 Å². The maximum atomic E-state index is 10.8. The average molecular weight is 266 g/mol. The molecule has 1 heterocycles. The van der Waals surface area contributed by atoms with Crippen LogP contribution in [0, 0.1) is 17.0 Å². The van der Waals surface area contributed by atoms with Crippen molar-refractivity contribution in [1.82, 2.24) is 9.97 Å². The summed E-state index contributed by atoms with van der Waals surface area (Å²) in [4.78, 5) is 18.2. The lowest BCUT2D eigenvalue weighted by Gasteiger charge is -2.05. The van der Waals surface area contributed by atoms with Gasteiger partial charge in [-0.15, -0.1) is 0 Å². The van der Waals surface area contributed by atoms with Gasteiger partial charge in [-0.25, -0.2) is 4.98 Å². The van der Waals surface area contributed by atoms with Gasteiger partial charge in [-0.2, -0.15) is 4.98 Å². The van der Waals surface area contributed by atoms with Crippen molar-refractivity contribution < 1.29 is 9.66 Å². The third-order valence-corrected chi connectivity index (χ3v) is 2.25. The highest BCUT2D eigenvalue weighted by atomic mass is 35.5. The predicted octanol–water partition coefficient (Wildman–Crippen LogP) is 3.14. The quantitative estimate of drug-likeness (QED) is 0.484. The Morgan fingerprint density at radius 2 is 2.06 bits per heavy atom.